The van der Waals surface area contributed by atoms with Crippen molar-refractivity contribution in [3.05, 3.63) is 65.7 Å². The van der Waals surface area contributed by atoms with E-state index in [1.165, 1.54) is 5.56 Å². The van der Waals surface area contributed by atoms with E-state index in [2.05, 4.69) is 35.2 Å². The van der Waals surface area contributed by atoms with Gasteiger partial charge < -0.3 is 14.4 Å². The molecule has 0 aromatic heterocycles. The van der Waals surface area contributed by atoms with E-state index >= 15 is 0 Å². The van der Waals surface area contributed by atoms with Crippen molar-refractivity contribution in [1.82, 2.24) is 9.80 Å². The Bertz CT molecular complexity index is 812. The van der Waals surface area contributed by atoms with Crippen molar-refractivity contribution in [2.45, 2.75) is 44.3 Å². The summed E-state index contributed by atoms with van der Waals surface area (Å²) < 4.78 is 10.9. The molecular formula is C25H32N2O3. The third kappa shape index (κ3) is 5.02. The second-order valence-corrected chi connectivity index (χ2v) is 8.26. The van der Waals surface area contributed by atoms with Crippen LogP contribution in [0.1, 0.15) is 41.6 Å². The minimum absolute atomic E-state index is 0.105. The van der Waals surface area contributed by atoms with E-state index in [0.29, 0.717) is 17.6 Å². The average Bonchev–Trinajstić information content (AvgIpc) is 2.83. The third-order valence-corrected chi connectivity index (χ3v) is 6.41. The fraction of sp³-hybridized carbons (Fsp3) is 0.480. The lowest BCUT2D eigenvalue weighted by molar-refractivity contribution is -0.00148. The highest BCUT2D eigenvalue weighted by molar-refractivity contribution is 5.94. The van der Waals surface area contributed by atoms with Crippen molar-refractivity contribution in [1.29, 1.82) is 0 Å². The van der Waals surface area contributed by atoms with Gasteiger partial charge in [0.1, 0.15) is 5.75 Å². The van der Waals surface area contributed by atoms with Crippen LogP contribution in [0, 0.1) is 0 Å². The molecule has 0 radical (unpaired) electrons. The normalized spacial score (nSPS) is 18.5. The first-order valence-corrected chi connectivity index (χ1v) is 11.1. The number of piperidine rings is 1. The van der Waals surface area contributed by atoms with Gasteiger partial charge in [0.25, 0.3) is 5.91 Å². The number of carbonyl (C=O) groups is 1. The molecule has 2 fully saturated rings. The van der Waals surface area contributed by atoms with Gasteiger partial charge in [-0.2, -0.15) is 0 Å². The fourth-order valence-corrected chi connectivity index (χ4v) is 4.71. The van der Waals surface area contributed by atoms with Crippen molar-refractivity contribution < 1.29 is 14.3 Å². The molecule has 0 bridgehead atoms. The first-order chi connectivity index (χ1) is 14.7. The molecule has 2 aliphatic heterocycles. The quantitative estimate of drug-likeness (QED) is 0.725. The molecule has 1 amide bonds. The molecule has 2 aromatic rings. The largest absolute Gasteiger partial charge is 0.497 e. The Hall–Kier alpha value is -2.37. The predicted octanol–water partition coefficient (Wildman–Crippen LogP) is 3.98. The number of benzene rings is 2. The van der Waals surface area contributed by atoms with Crippen LogP contribution >= 0.6 is 0 Å². The molecule has 0 unspecified atom stereocenters. The lowest BCUT2D eigenvalue weighted by Gasteiger charge is -2.43. The number of carbonyl (C=O) groups excluding carboxylic acids is 1. The number of nitrogens with zero attached hydrogens (tertiary/aromatic N) is 2. The Morgan fingerprint density at radius 1 is 1.00 bits per heavy atom. The van der Waals surface area contributed by atoms with Gasteiger partial charge in [-0.1, -0.05) is 36.4 Å². The molecule has 2 aromatic carbocycles. The minimum Gasteiger partial charge on any atom is -0.497 e. The zero-order valence-corrected chi connectivity index (χ0v) is 17.8. The van der Waals surface area contributed by atoms with Crippen molar-refractivity contribution in [2.24, 2.45) is 0 Å². The molecular weight excluding hydrogens is 376 g/mol. The highest BCUT2D eigenvalue weighted by Crippen LogP contribution is 2.27. The maximum atomic E-state index is 13.0. The van der Waals surface area contributed by atoms with Gasteiger partial charge in [-0.25, -0.2) is 0 Å². The minimum atomic E-state index is 0.105. The Labute approximate surface area is 179 Å². The fourth-order valence-electron chi connectivity index (χ4n) is 4.71. The molecule has 0 N–H and O–H groups in total. The highest BCUT2D eigenvalue weighted by Gasteiger charge is 2.32. The maximum Gasteiger partial charge on any atom is 0.253 e. The van der Waals surface area contributed by atoms with Gasteiger partial charge in [0.15, 0.2) is 0 Å². The number of amides is 1. The number of rotatable bonds is 6. The SMILES string of the molecule is COc1cccc(C(=O)N2CCC(N(Cc3ccccc3)C3CCOCC3)CC2)c1. The van der Waals surface area contributed by atoms with E-state index < -0.39 is 0 Å². The molecule has 0 atom stereocenters. The maximum absolute atomic E-state index is 13.0. The monoisotopic (exact) mass is 408 g/mol. The highest BCUT2D eigenvalue weighted by atomic mass is 16.5. The van der Waals surface area contributed by atoms with E-state index in [9.17, 15) is 4.79 Å². The molecule has 5 heteroatoms. The third-order valence-electron chi connectivity index (χ3n) is 6.41. The van der Waals surface area contributed by atoms with Crippen LogP contribution in [-0.4, -0.2) is 61.2 Å². The van der Waals surface area contributed by atoms with E-state index in [4.69, 9.17) is 9.47 Å². The molecule has 2 saturated heterocycles. The molecule has 160 valence electrons. The van der Waals surface area contributed by atoms with Crippen molar-refractivity contribution in [2.75, 3.05) is 33.4 Å². The second kappa shape index (κ2) is 10.1. The standard InChI is InChI=1S/C25H32N2O3/c1-29-24-9-5-8-21(18-24)25(28)26-14-10-22(11-15-26)27(23-12-16-30-17-13-23)19-20-6-3-2-4-7-20/h2-9,18,22-23H,10-17,19H2,1H3. The molecule has 30 heavy (non-hydrogen) atoms. The van der Waals surface area contributed by atoms with Crippen molar-refractivity contribution in [3.8, 4) is 5.75 Å². The zero-order chi connectivity index (χ0) is 20.8. The van der Waals surface area contributed by atoms with Crippen LogP contribution in [-0.2, 0) is 11.3 Å². The van der Waals surface area contributed by atoms with E-state index in [0.717, 1.165) is 64.3 Å². The summed E-state index contributed by atoms with van der Waals surface area (Å²) in [5.41, 5.74) is 2.07. The summed E-state index contributed by atoms with van der Waals surface area (Å²) in [6.45, 7) is 4.27. The van der Waals surface area contributed by atoms with Crippen LogP contribution in [0.25, 0.3) is 0 Å². The van der Waals surface area contributed by atoms with Crippen molar-refractivity contribution in [3.63, 3.8) is 0 Å². The lowest BCUT2D eigenvalue weighted by atomic mass is 9.96. The summed E-state index contributed by atoms with van der Waals surface area (Å²) in [7, 11) is 1.63. The molecule has 5 nitrogen and oxygen atoms in total. The van der Waals surface area contributed by atoms with E-state index in [1.807, 2.05) is 29.2 Å². The van der Waals surface area contributed by atoms with Gasteiger partial charge in [0.05, 0.1) is 7.11 Å². The molecule has 0 spiro atoms. The predicted molar refractivity (Wildman–Crippen MR) is 118 cm³/mol. The summed E-state index contributed by atoms with van der Waals surface area (Å²) in [6.07, 6.45) is 4.21. The number of hydrogen-bond acceptors (Lipinski definition) is 4. The Morgan fingerprint density at radius 2 is 1.70 bits per heavy atom. The first-order valence-electron chi connectivity index (χ1n) is 11.1. The van der Waals surface area contributed by atoms with Crippen molar-refractivity contribution >= 4 is 5.91 Å². The molecule has 0 aliphatic carbocycles. The van der Waals surface area contributed by atoms with Crippen LogP contribution in [0.4, 0.5) is 0 Å². The van der Waals surface area contributed by atoms with E-state index in [1.54, 1.807) is 7.11 Å². The molecule has 4 rings (SSSR count). The van der Waals surface area contributed by atoms with Crippen LogP contribution < -0.4 is 4.74 Å². The number of ether oxygens (including phenoxy) is 2. The smallest absolute Gasteiger partial charge is 0.253 e. The van der Waals surface area contributed by atoms with E-state index in [-0.39, 0.29) is 5.91 Å². The van der Waals surface area contributed by atoms with Crippen LogP contribution in [0.15, 0.2) is 54.6 Å². The van der Waals surface area contributed by atoms with Crippen LogP contribution in [0.5, 0.6) is 5.75 Å². The Balaban J connectivity index is 1.42. The Kier molecular flexibility index (Phi) is 7.03. The zero-order valence-electron chi connectivity index (χ0n) is 17.8. The van der Waals surface area contributed by atoms with Crippen LogP contribution in [0.2, 0.25) is 0 Å². The number of hydrogen-bond donors (Lipinski definition) is 0. The first kappa shape index (κ1) is 20.9. The molecule has 2 heterocycles. The molecule has 0 saturated carbocycles. The van der Waals surface area contributed by atoms with Gasteiger partial charge in [-0.05, 0) is 49.4 Å². The summed E-state index contributed by atoms with van der Waals surface area (Å²) in [4.78, 5) is 17.7. The Morgan fingerprint density at radius 3 is 2.40 bits per heavy atom. The number of likely N-dealkylation sites (tertiary alicyclic amines) is 1. The van der Waals surface area contributed by atoms with Crippen LogP contribution in [0.3, 0.4) is 0 Å². The van der Waals surface area contributed by atoms with Gasteiger partial charge >= 0.3 is 0 Å². The van der Waals surface area contributed by atoms with Gasteiger partial charge in [-0.3, -0.25) is 9.69 Å². The summed E-state index contributed by atoms with van der Waals surface area (Å²) in [6, 6.07) is 19.3. The average molecular weight is 409 g/mol. The molecule has 2 aliphatic rings. The van der Waals surface area contributed by atoms with Gasteiger partial charge in [-0.15, -0.1) is 0 Å². The summed E-state index contributed by atoms with van der Waals surface area (Å²) >= 11 is 0. The summed E-state index contributed by atoms with van der Waals surface area (Å²) in [5, 5.41) is 0. The summed E-state index contributed by atoms with van der Waals surface area (Å²) in [5.74, 6) is 0.831. The second-order valence-electron chi connectivity index (χ2n) is 8.26. The lowest BCUT2D eigenvalue weighted by Crippen LogP contribution is -2.51. The number of methoxy groups -OCH3 is 1. The topological polar surface area (TPSA) is 42.0 Å². The van der Waals surface area contributed by atoms with Gasteiger partial charge in [0, 0.05) is 50.5 Å². The van der Waals surface area contributed by atoms with Gasteiger partial charge in [0.2, 0.25) is 0 Å².